The Morgan fingerprint density at radius 1 is 1.71 bits per heavy atom. The van der Waals surface area contributed by atoms with Crippen molar-refractivity contribution in [3.63, 3.8) is 0 Å². The number of rotatable bonds is 0. The highest BCUT2D eigenvalue weighted by molar-refractivity contribution is 6.68. The van der Waals surface area contributed by atoms with Crippen LogP contribution in [0.25, 0.3) is 0 Å². The Morgan fingerprint density at radius 3 is 2.93 bits per heavy atom. The molecule has 1 fully saturated rings. The molecule has 0 aromatic rings. The summed E-state index contributed by atoms with van der Waals surface area (Å²) < 4.78 is 5.17. The van der Waals surface area contributed by atoms with Gasteiger partial charge < -0.3 is 4.74 Å². The van der Waals surface area contributed by atoms with Gasteiger partial charge in [0, 0.05) is 6.42 Å². The first-order chi connectivity index (χ1) is 6.42. The second kappa shape index (κ2) is 2.48. The molecule has 74 valence electrons. The van der Waals surface area contributed by atoms with Gasteiger partial charge in [0.05, 0.1) is 12.0 Å². The molecule has 3 rings (SSSR count). The molecule has 0 aliphatic carbocycles. The summed E-state index contributed by atoms with van der Waals surface area (Å²) in [6.45, 7) is 3.27. The normalized spacial score (nSPS) is 45.4. The average molecular weight is 213 g/mol. The van der Waals surface area contributed by atoms with E-state index in [2.05, 4.69) is 11.1 Å². The fraction of sp³-hybridized carbons (Fsp3) is 0.667. The lowest BCUT2D eigenvalue weighted by Gasteiger charge is -2.47. The van der Waals surface area contributed by atoms with Crippen molar-refractivity contribution in [2.24, 2.45) is 10.9 Å². The number of fused-ring (bicyclic) bond motifs is 2. The molecule has 0 aromatic carbocycles. The van der Waals surface area contributed by atoms with E-state index in [4.69, 9.17) is 21.6 Å². The summed E-state index contributed by atoms with van der Waals surface area (Å²) in [6, 6.07) is 2.11. The molecule has 1 saturated heterocycles. The number of hydrogen-bond acceptors (Lipinski definition) is 4. The van der Waals surface area contributed by atoms with E-state index in [-0.39, 0.29) is 5.17 Å². The average Bonchev–Trinajstić information content (AvgIpc) is 2.09. The summed E-state index contributed by atoms with van der Waals surface area (Å²) in [4.78, 5) is 15.6. The first-order valence-corrected chi connectivity index (χ1v) is 4.69. The van der Waals surface area contributed by atoms with E-state index in [9.17, 15) is 4.79 Å². The highest BCUT2D eigenvalue weighted by Gasteiger charge is 2.59. The summed E-state index contributed by atoms with van der Waals surface area (Å²) in [5, 5.41) is 9.16. The lowest BCUT2D eigenvalue weighted by atomic mass is 9.74. The number of carbonyl (C=O) groups excluding carboxylic acids is 1. The molecule has 0 N–H and O–H groups in total. The molecule has 0 amide bonds. The zero-order chi connectivity index (χ0) is 10.6. The molecule has 0 spiro atoms. The van der Waals surface area contributed by atoms with Crippen LogP contribution in [0.3, 0.4) is 0 Å². The standard InChI is InChI=1S/C9H9ClN2O2/c1-8-3-5(4-11)9(2,6(10)12-8)14-7(8)13/h5H,3H2,1-2H3/t5-,8-,9-/m0/s1. The van der Waals surface area contributed by atoms with Gasteiger partial charge in [-0.2, -0.15) is 5.26 Å². The van der Waals surface area contributed by atoms with Crippen LogP contribution in [0.1, 0.15) is 20.3 Å². The molecule has 0 unspecified atom stereocenters. The third kappa shape index (κ3) is 0.934. The van der Waals surface area contributed by atoms with Crippen LogP contribution in [0.4, 0.5) is 0 Å². The fourth-order valence-corrected chi connectivity index (χ4v) is 2.18. The summed E-state index contributed by atoms with van der Waals surface area (Å²) in [7, 11) is 0. The molecule has 2 bridgehead atoms. The molecule has 3 atom stereocenters. The number of nitriles is 1. The lowest BCUT2D eigenvalue weighted by molar-refractivity contribution is -0.172. The van der Waals surface area contributed by atoms with Gasteiger partial charge in [0.15, 0.2) is 11.1 Å². The zero-order valence-electron chi connectivity index (χ0n) is 7.87. The zero-order valence-corrected chi connectivity index (χ0v) is 8.63. The summed E-state index contributed by atoms with van der Waals surface area (Å²) in [5.74, 6) is -0.800. The first kappa shape index (κ1) is 9.47. The molecular weight excluding hydrogens is 204 g/mol. The highest BCUT2D eigenvalue weighted by Crippen LogP contribution is 2.45. The first-order valence-electron chi connectivity index (χ1n) is 4.31. The van der Waals surface area contributed by atoms with Crippen LogP contribution < -0.4 is 0 Å². The molecule has 0 saturated carbocycles. The van der Waals surface area contributed by atoms with Crippen molar-refractivity contribution in [1.82, 2.24) is 0 Å². The highest BCUT2D eigenvalue weighted by atomic mass is 35.5. The largest absolute Gasteiger partial charge is 0.449 e. The quantitative estimate of drug-likeness (QED) is 0.568. The maximum absolute atomic E-state index is 11.5. The number of ether oxygens (including phenoxy) is 1. The van der Waals surface area contributed by atoms with Crippen LogP contribution in [0.2, 0.25) is 0 Å². The second-order valence-electron chi connectivity index (χ2n) is 4.06. The van der Waals surface area contributed by atoms with Crippen LogP contribution in [-0.4, -0.2) is 22.3 Å². The molecule has 0 radical (unpaired) electrons. The van der Waals surface area contributed by atoms with Crippen LogP contribution in [0.5, 0.6) is 0 Å². The van der Waals surface area contributed by atoms with Crippen molar-refractivity contribution in [2.45, 2.75) is 31.4 Å². The van der Waals surface area contributed by atoms with Crippen LogP contribution in [-0.2, 0) is 9.53 Å². The van der Waals surface area contributed by atoms with E-state index in [1.807, 2.05) is 0 Å². The summed E-state index contributed by atoms with van der Waals surface area (Å²) in [5.41, 5.74) is -2.00. The number of aliphatic imine (C=N–C) groups is 1. The van der Waals surface area contributed by atoms with Gasteiger partial charge in [0.1, 0.15) is 5.17 Å². The van der Waals surface area contributed by atoms with E-state index in [0.29, 0.717) is 6.42 Å². The molecule has 4 nitrogen and oxygen atoms in total. The van der Waals surface area contributed by atoms with Gasteiger partial charge in [-0.05, 0) is 13.8 Å². The minimum Gasteiger partial charge on any atom is -0.449 e. The van der Waals surface area contributed by atoms with Crippen molar-refractivity contribution >= 4 is 22.7 Å². The molecule has 3 aliphatic heterocycles. The van der Waals surface area contributed by atoms with E-state index >= 15 is 0 Å². The summed E-state index contributed by atoms with van der Waals surface area (Å²) in [6.07, 6.45) is 0.384. The Balaban J connectivity index is 2.57. The molecule has 14 heavy (non-hydrogen) atoms. The van der Waals surface area contributed by atoms with Crippen molar-refractivity contribution in [1.29, 1.82) is 5.26 Å². The van der Waals surface area contributed by atoms with Crippen LogP contribution in [0, 0.1) is 17.2 Å². The third-order valence-corrected chi connectivity index (χ3v) is 3.38. The SMILES string of the molecule is C[C@]12C[C@@H](C#N)[C@](C)(OC1=O)C(Cl)=N2. The predicted molar refractivity (Wildman–Crippen MR) is 49.9 cm³/mol. The molecule has 0 aromatic heterocycles. The van der Waals surface area contributed by atoms with Crippen LogP contribution >= 0.6 is 11.6 Å². The number of esters is 1. The van der Waals surface area contributed by atoms with Gasteiger partial charge in [0.2, 0.25) is 0 Å². The molecular formula is C9H9ClN2O2. The van der Waals surface area contributed by atoms with Gasteiger partial charge in [-0.15, -0.1) is 0 Å². The van der Waals surface area contributed by atoms with E-state index in [1.165, 1.54) is 0 Å². The molecule has 3 heterocycles. The lowest BCUT2D eigenvalue weighted by Crippen LogP contribution is -2.61. The Bertz CT molecular complexity index is 387. The molecule has 5 heteroatoms. The monoisotopic (exact) mass is 212 g/mol. The van der Waals surface area contributed by atoms with Gasteiger partial charge in [-0.1, -0.05) is 11.6 Å². The smallest absolute Gasteiger partial charge is 0.334 e. The van der Waals surface area contributed by atoms with Crippen molar-refractivity contribution in [3.05, 3.63) is 0 Å². The number of nitrogens with zero attached hydrogens (tertiary/aromatic N) is 2. The predicted octanol–water partition coefficient (Wildman–Crippen LogP) is 1.24. The Hall–Kier alpha value is -1.08. The summed E-state index contributed by atoms with van der Waals surface area (Å²) >= 11 is 5.90. The molecule has 3 aliphatic rings. The topological polar surface area (TPSA) is 62.4 Å². The Kier molecular flexibility index (Phi) is 1.68. The number of carbonyl (C=O) groups is 1. The Morgan fingerprint density at radius 2 is 2.36 bits per heavy atom. The number of hydrogen-bond donors (Lipinski definition) is 0. The maximum Gasteiger partial charge on any atom is 0.334 e. The fourth-order valence-electron chi connectivity index (χ4n) is 1.82. The minimum atomic E-state index is -1.04. The minimum absolute atomic E-state index is 0.220. The van der Waals surface area contributed by atoms with E-state index in [1.54, 1.807) is 13.8 Å². The maximum atomic E-state index is 11.5. The van der Waals surface area contributed by atoms with Gasteiger partial charge >= 0.3 is 5.97 Å². The number of halogens is 1. The van der Waals surface area contributed by atoms with Crippen LogP contribution in [0.15, 0.2) is 4.99 Å². The second-order valence-corrected chi connectivity index (χ2v) is 4.42. The van der Waals surface area contributed by atoms with E-state index < -0.39 is 23.0 Å². The van der Waals surface area contributed by atoms with Gasteiger partial charge in [-0.3, -0.25) is 4.99 Å². The van der Waals surface area contributed by atoms with Gasteiger partial charge in [0.25, 0.3) is 0 Å². The van der Waals surface area contributed by atoms with Gasteiger partial charge in [-0.25, -0.2) is 4.79 Å². The van der Waals surface area contributed by atoms with Crippen molar-refractivity contribution < 1.29 is 9.53 Å². The van der Waals surface area contributed by atoms with Crippen molar-refractivity contribution in [2.75, 3.05) is 0 Å². The Labute approximate surface area is 86.5 Å². The third-order valence-electron chi connectivity index (χ3n) is 2.92. The van der Waals surface area contributed by atoms with Crippen molar-refractivity contribution in [3.8, 4) is 6.07 Å². The van der Waals surface area contributed by atoms with E-state index in [0.717, 1.165) is 0 Å².